The molecule has 1 heterocycles. The average Bonchev–Trinajstić information content (AvgIpc) is 3.27. The highest BCUT2D eigenvalue weighted by atomic mass is 19.4. The van der Waals surface area contributed by atoms with Crippen LogP contribution in [0.3, 0.4) is 0 Å². The zero-order valence-electron chi connectivity index (χ0n) is 18.9. The van der Waals surface area contributed by atoms with Gasteiger partial charge >= 0.3 is 18.1 Å². The third-order valence-corrected chi connectivity index (χ3v) is 4.64. The number of benzene rings is 2. The molecule has 0 amide bonds. The zero-order chi connectivity index (χ0) is 25.8. The summed E-state index contributed by atoms with van der Waals surface area (Å²) in [5.74, 6) is -0.454. The summed E-state index contributed by atoms with van der Waals surface area (Å²) in [6.07, 6.45) is -2.01. The normalized spacial score (nSPS) is 11.3. The van der Waals surface area contributed by atoms with Crippen molar-refractivity contribution in [3.05, 3.63) is 95.8 Å². The first-order valence-corrected chi connectivity index (χ1v) is 10.3. The van der Waals surface area contributed by atoms with Crippen molar-refractivity contribution in [2.24, 2.45) is 0 Å². The number of alkyl halides is 3. The van der Waals surface area contributed by atoms with E-state index in [2.05, 4.69) is 13.2 Å². The lowest BCUT2D eigenvalue weighted by molar-refractivity contribution is -0.138. The molecule has 0 atom stereocenters. The summed E-state index contributed by atoms with van der Waals surface area (Å²) >= 11 is 0. The van der Waals surface area contributed by atoms with E-state index >= 15 is 0 Å². The van der Waals surface area contributed by atoms with Crippen molar-refractivity contribution in [2.45, 2.75) is 20.0 Å². The Bertz CT molecular complexity index is 1310. The topological polar surface area (TPSA) is 65.7 Å². The van der Waals surface area contributed by atoms with E-state index < -0.39 is 23.7 Å². The van der Waals surface area contributed by atoms with Gasteiger partial charge in [0.15, 0.2) is 0 Å². The Hall–Kier alpha value is -4.33. The molecule has 0 N–H and O–H groups in total. The number of halogens is 3. The van der Waals surface area contributed by atoms with Gasteiger partial charge < -0.3 is 13.9 Å². The van der Waals surface area contributed by atoms with Gasteiger partial charge in [0.2, 0.25) is 0 Å². The summed E-state index contributed by atoms with van der Waals surface area (Å²) < 4.78 is 56.5. The molecule has 0 unspecified atom stereocenters. The van der Waals surface area contributed by atoms with Crippen molar-refractivity contribution in [3.8, 4) is 22.8 Å². The maximum Gasteiger partial charge on any atom is 0.417 e. The SMILES string of the molecule is C=C(C)C(=O)Oc1ccc(-c2ccc(/C=C/c3ccc(OC(=O)C(=C)C)cc3C(F)(F)F)o2)cc1. The van der Waals surface area contributed by atoms with Crippen molar-refractivity contribution in [2.75, 3.05) is 0 Å². The van der Waals surface area contributed by atoms with Crippen LogP contribution in [0, 0.1) is 0 Å². The van der Waals surface area contributed by atoms with Gasteiger partial charge in [-0.1, -0.05) is 25.3 Å². The largest absolute Gasteiger partial charge is 0.457 e. The second-order valence-electron chi connectivity index (χ2n) is 7.65. The molecule has 0 radical (unpaired) electrons. The first kappa shape index (κ1) is 25.3. The summed E-state index contributed by atoms with van der Waals surface area (Å²) in [4.78, 5) is 23.2. The molecular weight excluding hydrogens is 461 g/mol. The van der Waals surface area contributed by atoms with Gasteiger partial charge in [-0.05, 0) is 74.0 Å². The third kappa shape index (κ3) is 6.60. The summed E-state index contributed by atoms with van der Waals surface area (Å²) in [6.45, 7) is 9.86. The van der Waals surface area contributed by atoms with Gasteiger partial charge in [0.05, 0.1) is 5.56 Å². The van der Waals surface area contributed by atoms with Crippen LogP contribution in [0.5, 0.6) is 11.5 Å². The third-order valence-electron chi connectivity index (χ3n) is 4.64. The lowest BCUT2D eigenvalue weighted by atomic mass is 10.1. The molecule has 0 saturated heterocycles. The fourth-order valence-electron chi connectivity index (χ4n) is 2.83. The van der Waals surface area contributed by atoms with Gasteiger partial charge in [-0.15, -0.1) is 0 Å². The van der Waals surface area contributed by atoms with Gasteiger partial charge in [-0.25, -0.2) is 9.59 Å². The molecule has 2 aromatic carbocycles. The van der Waals surface area contributed by atoms with E-state index in [1.165, 1.54) is 31.2 Å². The molecule has 5 nitrogen and oxygen atoms in total. The molecule has 0 bridgehead atoms. The Morgan fingerprint density at radius 1 is 0.829 bits per heavy atom. The summed E-state index contributed by atoms with van der Waals surface area (Å²) in [7, 11) is 0. The minimum Gasteiger partial charge on any atom is -0.457 e. The van der Waals surface area contributed by atoms with Gasteiger partial charge in [0.25, 0.3) is 0 Å². The van der Waals surface area contributed by atoms with E-state index in [0.717, 1.165) is 6.07 Å². The monoisotopic (exact) mass is 482 g/mol. The van der Waals surface area contributed by atoms with Gasteiger partial charge in [-0.2, -0.15) is 13.2 Å². The highest BCUT2D eigenvalue weighted by molar-refractivity contribution is 5.89. The summed E-state index contributed by atoms with van der Waals surface area (Å²) in [5.41, 5.74) is -0.0764. The molecule has 0 saturated carbocycles. The number of carbonyl (C=O) groups excluding carboxylic acids is 2. The molecule has 35 heavy (non-hydrogen) atoms. The van der Waals surface area contributed by atoms with E-state index in [1.54, 1.807) is 43.3 Å². The lowest BCUT2D eigenvalue weighted by Gasteiger charge is -2.12. The number of rotatable bonds is 7. The Morgan fingerprint density at radius 2 is 1.40 bits per heavy atom. The molecule has 3 rings (SSSR count). The highest BCUT2D eigenvalue weighted by Crippen LogP contribution is 2.35. The van der Waals surface area contributed by atoms with Crippen LogP contribution in [0.25, 0.3) is 23.5 Å². The maximum atomic E-state index is 13.6. The van der Waals surface area contributed by atoms with E-state index in [9.17, 15) is 22.8 Å². The van der Waals surface area contributed by atoms with Crippen molar-refractivity contribution in [3.63, 3.8) is 0 Å². The van der Waals surface area contributed by atoms with E-state index in [1.807, 2.05) is 0 Å². The maximum absolute atomic E-state index is 13.6. The Morgan fingerprint density at radius 3 is 1.97 bits per heavy atom. The van der Waals surface area contributed by atoms with Crippen LogP contribution in [0.2, 0.25) is 0 Å². The molecular formula is C27H21F3O5. The van der Waals surface area contributed by atoms with Crippen molar-refractivity contribution < 1.29 is 36.7 Å². The van der Waals surface area contributed by atoms with Gasteiger partial charge in [-0.3, -0.25) is 0 Å². The predicted octanol–water partition coefficient (Wildman–Crippen LogP) is 7.10. The zero-order valence-corrected chi connectivity index (χ0v) is 18.9. The molecule has 8 heteroatoms. The second kappa shape index (κ2) is 10.3. The minimum absolute atomic E-state index is 0.0682. The Labute approximate surface area is 199 Å². The first-order chi connectivity index (χ1) is 16.4. The number of hydrogen-bond acceptors (Lipinski definition) is 5. The molecule has 0 aliphatic rings. The fraction of sp³-hybridized carbons (Fsp3) is 0.111. The van der Waals surface area contributed by atoms with Crippen LogP contribution in [-0.4, -0.2) is 11.9 Å². The van der Waals surface area contributed by atoms with Crippen LogP contribution in [0.15, 0.2) is 83.3 Å². The van der Waals surface area contributed by atoms with Crippen LogP contribution < -0.4 is 9.47 Å². The smallest absolute Gasteiger partial charge is 0.417 e. The van der Waals surface area contributed by atoms with Crippen molar-refractivity contribution >= 4 is 24.1 Å². The van der Waals surface area contributed by atoms with E-state index in [4.69, 9.17) is 13.9 Å². The minimum atomic E-state index is -4.67. The highest BCUT2D eigenvalue weighted by Gasteiger charge is 2.33. The van der Waals surface area contributed by atoms with Crippen molar-refractivity contribution in [1.82, 2.24) is 0 Å². The van der Waals surface area contributed by atoms with Gasteiger partial charge in [0, 0.05) is 16.7 Å². The second-order valence-corrected chi connectivity index (χ2v) is 7.65. The molecule has 0 spiro atoms. The number of esters is 2. The predicted molar refractivity (Wildman–Crippen MR) is 125 cm³/mol. The number of ether oxygens (including phenoxy) is 2. The molecule has 1 aromatic heterocycles. The number of furan rings is 1. The van der Waals surface area contributed by atoms with Gasteiger partial charge in [0.1, 0.15) is 23.0 Å². The lowest BCUT2D eigenvalue weighted by Crippen LogP contribution is -2.11. The van der Waals surface area contributed by atoms with E-state index in [0.29, 0.717) is 22.8 Å². The summed E-state index contributed by atoms with van der Waals surface area (Å²) in [6, 6.07) is 13.0. The fourth-order valence-corrected chi connectivity index (χ4v) is 2.83. The quantitative estimate of drug-likeness (QED) is 0.204. The molecule has 0 aliphatic heterocycles. The number of hydrogen-bond donors (Lipinski definition) is 0. The standard InChI is InChI=1S/C27H21F3O5/c1-16(2)25(31)34-21-10-7-19(8-11-21)24-14-13-20(33-24)9-5-18-6-12-22(35-26(32)17(3)4)15-23(18)27(28,29)30/h5-15H,1,3H2,2,4H3/b9-5+. The summed E-state index contributed by atoms with van der Waals surface area (Å²) in [5, 5.41) is 0. The molecule has 0 aliphatic carbocycles. The van der Waals surface area contributed by atoms with E-state index in [-0.39, 0.29) is 22.5 Å². The number of carbonyl (C=O) groups is 2. The molecule has 0 fully saturated rings. The van der Waals surface area contributed by atoms with Crippen LogP contribution >= 0.6 is 0 Å². The molecule has 3 aromatic rings. The van der Waals surface area contributed by atoms with Crippen molar-refractivity contribution in [1.29, 1.82) is 0 Å². The molecule has 180 valence electrons. The Kier molecular flexibility index (Phi) is 7.44. The van der Waals surface area contributed by atoms with Crippen LogP contribution in [-0.2, 0) is 15.8 Å². The Balaban J connectivity index is 1.79. The van der Waals surface area contributed by atoms with Crippen LogP contribution in [0.1, 0.15) is 30.7 Å². The average molecular weight is 482 g/mol. The van der Waals surface area contributed by atoms with Crippen LogP contribution in [0.4, 0.5) is 13.2 Å². The first-order valence-electron chi connectivity index (χ1n) is 10.3.